The fourth-order valence-electron chi connectivity index (χ4n) is 2.59. The molecule has 0 spiro atoms. The van der Waals surface area contributed by atoms with Gasteiger partial charge in [0, 0.05) is 16.7 Å². The average molecular weight is 461 g/mol. The van der Waals surface area contributed by atoms with E-state index in [1.807, 2.05) is 22.6 Å². The second-order valence-electron chi connectivity index (χ2n) is 5.64. The summed E-state index contributed by atoms with van der Waals surface area (Å²) in [5.41, 5.74) is 0.0284. The molecular formula is C17H20INO6. The summed E-state index contributed by atoms with van der Waals surface area (Å²) in [6.45, 7) is 2.56. The second-order valence-corrected chi connectivity index (χ2v) is 6.89. The molecule has 8 heteroatoms. The van der Waals surface area contributed by atoms with E-state index in [1.165, 1.54) is 12.1 Å². The van der Waals surface area contributed by atoms with Gasteiger partial charge in [-0.15, -0.1) is 0 Å². The monoisotopic (exact) mass is 461 g/mol. The number of carbonyl (C=O) groups is 3. The third-order valence-electron chi connectivity index (χ3n) is 3.97. The molecule has 25 heavy (non-hydrogen) atoms. The minimum absolute atomic E-state index is 0.0284. The molecule has 0 bridgehead atoms. The number of hydrogen-bond acceptors (Lipinski definition) is 6. The Kier molecular flexibility index (Phi) is 7.03. The summed E-state index contributed by atoms with van der Waals surface area (Å²) in [6, 6.07) is 4.55. The zero-order chi connectivity index (χ0) is 18.4. The summed E-state index contributed by atoms with van der Waals surface area (Å²) in [5, 5.41) is 9.70. The summed E-state index contributed by atoms with van der Waals surface area (Å²) in [4.78, 5) is 37.4. The predicted molar refractivity (Wildman–Crippen MR) is 97.0 cm³/mol. The smallest absolute Gasteiger partial charge is 0.342 e. The SMILES string of the molecule is CCOC(=O)C1CCN(C(=O)COC(=O)c2cc(I)ccc2O)CC1. The zero-order valence-electron chi connectivity index (χ0n) is 13.9. The number of phenolic OH excluding ortho intramolecular Hbond substituents is 1. The molecule has 2 rings (SSSR count). The van der Waals surface area contributed by atoms with Crippen LogP contribution in [0.5, 0.6) is 5.75 Å². The normalized spacial score (nSPS) is 14.9. The van der Waals surface area contributed by atoms with E-state index in [1.54, 1.807) is 17.9 Å². The van der Waals surface area contributed by atoms with E-state index in [9.17, 15) is 19.5 Å². The lowest BCUT2D eigenvalue weighted by Gasteiger charge is -2.30. The van der Waals surface area contributed by atoms with Crippen molar-refractivity contribution >= 4 is 40.4 Å². The number of benzene rings is 1. The van der Waals surface area contributed by atoms with Crippen LogP contribution in [0.3, 0.4) is 0 Å². The Morgan fingerprint density at radius 2 is 1.92 bits per heavy atom. The Morgan fingerprint density at radius 3 is 2.56 bits per heavy atom. The molecule has 0 saturated carbocycles. The largest absolute Gasteiger partial charge is 0.507 e. The number of esters is 2. The van der Waals surface area contributed by atoms with Gasteiger partial charge in [0.15, 0.2) is 6.61 Å². The van der Waals surface area contributed by atoms with Crippen molar-refractivity contribution in [3.8, 4) is 5.75 Å². The highest BCUT2D eigenvalue weighted by atomic mass is 127. The van der Waals surface area contributed by atoms with Crippen molar-refractivity contribution in [3.63, 3.8) is 0 Å². The van der Waals surface area contributed by atoms with E-state index in [2.05, 4.69) is 0 Å². The van der Waals surface area contributed by atoms with Gasteiger partial charge >= 0.3 is 11.9 Å². The highest BCUT2D eigenvalue weighted by Gasteiger charge is 2.28. The third kappa shape index (κ3) is 5.32. The minimum atomic E-state index is -0.745. The summed E-state index contributed by atoms with van der Waals surface area (Å²) in [5.74, 6) is -1.66. The number of ether oxygens (including phenoxy) is 2. The third-order valence-corrected chi connectivity index (χ3v) is 4.64. The van der Waals surface area contributed by atoms with Gasteiger partial charge in [-0.3, -0.25) is 9.59 Å². The Bertz CT molecular complexity index is 655. The van der Waals surface area contributed by atoms with Gasteiger partial charge in [0.1, 0.15) is 11.3 Å². The van der Waals surface area contributed by atoms with Gasteiger partial charge in [-0.2, -0.15) is 0 Å². The molecule has 1 aromatic rings. The lowest BCUT2D eigenvalue weighted by molar-refractivity contribution is -0.151. The average Bonchev–Trinajstić information content (AvgIpc) is 2.61. The Labute approximate surface area is 159 Å². The molecule has 1 amide bonds. The van der Waals surface area contributed by atoms with E-state index in [0.29, 0.717) is 32.5 Å². The Balaban J connectivity index is 1.82. The highest BCUT2D eigenvalue weighted by Crippen LogP contribution is 2.21. The number of piperidine rings is 1. The van der Waals surface area contributed by atoms with E-state index in [-0.39, 0.29) is 29.1 Å². The molecule has 0 aliphatic carbocycles. The molecule has 0 aromatic heterocycles. The molecule has 0 unspecified atom stereocenters. The van der Waals surface area contributed by atoms with Gasteiger partial charge in [0.2, 0.25) is 0 Å². The van der Waals surface area contributed by atoms with Crippen LogP contribution in [-0.2, 0) is 19.1 Å². The van der Waals surface area contributed by atoms with Crippen molar-refractivity contribution in [1.29, 1.82) is 0 Å². The quantitative estimate of drug-likeness (QED) is 0.533. The molecule has 1 aliphatic heterocycles. The van der Waals surface area contributed by atoms with Gasteiger partial charge < -0.3 is 19.5 Å². The van der Waals surface area contributed by atoms with Crippen LogP contribution in [0.1, 0.15) is 30.1 Å². The van der Waals surface area contributed by atoms with Crippen molar-refractivity contribution in [3.05, 3.63) is 27.3 Å². The molecule has 1 aromatic carbocycles. The fourth-order valence-corrected chi connectivity index (χ4v) is 3.08. The summed E-state index contributed by atoms with van der Waals surface area (Å²) >= 11 is 2.01. The van der Waals surface area contributed by atoms with Crippen molar-refractivity contribution in [2.75, 3.05) is 26.3 Å². The first-order valence-electron chi connectivity index (χ1n) is 8.02. The molecule has 1 saturated heterocycles. The minimum Gasteiger partial charge on any atom is -0.507 e. The van der Waals surface area contributed by atoms with Crippen LogP contribution in [0, 0.1) is 9.49 Å². The van der Waals surface area contributed by atoms with Gasteiger partial charge in [-0.05, 0) is 60.6 Å². The number of likely N-dealkylation sites (tertiary alicyclic amines) is 1. The van der Waals surface area contributed by atoms with Crippen molar-refractivity contribution in [2.24, 2.45) is 5.92 Å². The fraction of sp³-hybridized carbons (Fsp3) is 0.471. The standard InChI is InChI=1S/C17H20INO6/c1-2-24-16(22)11-5-7-19(8-6-11)15(21)10-25-17(23)13-9-12(18)3-4-14(13)20/h3-4,9,11,20H,2,5-8,10H2,1H3. The number of aromatic hydroxyl groups is 1. The zero-order valence-corrected chi connectivity index (χ0v) is 16.0. The van der Waals surface area contributed by atoms with Crippen molar-refractivity contribution in [1.82, 2.24) is 4.90 Å². The van der Waals surface area contributed by atoms with Crippen LogP contribution in [-0.4, -0.2) is 54.2 Å². The van der Waals surface area contributed by atoms with Crippen LogP contribution >= 0.6 is 22.6 Å². The first kappa shape index (κ1) is 19.5. The summed E-state index contributed by atoms with van der Waals surface area (Å²) in [7, 11) is 0. The van der Waals surface area contributed by atoms with Crippen LogP contribution in [0.2, 0.25) is 0 Å². The number of nitrogens with zero attached hydrogens (tertiary/aromatic N) is 1. The van der Waals surface area contributed by atoms with E-state index >= 15 is 0 Å². The summed E-state index contributed by atoms with van der Waals surface area (Å²) in [6.07, 6.45) is 1.08. The second kappa shape index (κ2) is 9.02. The van der Waals surface area contributed by atoms with Crippen LogP contribution in [0.4, 0.5) is 0 Å². The first-order valence-corrected chi connectivity index (χ1v) is 9.10. The molecular weight excluding hydrogens is 441 g/mol. The van der Waals surface area contributed by atoms with E-state index < -0.39 is 12.6 Å². The maximum atomic E-state index is 12.2. The van der Waals surface area contributed by atoms with Crippen LogP contribution in [0.25, 0.3) is 0 Å². The van der Waals surface area contributed by atoms with Gasteiger partial charge in [0.25, 0.3) is 5.91 Å². The Morgan fingerprint density at radius 1 is 1.24 bits per heavy atom. The number of halogens is 1. The maximum absolute atomic E-state index is 12.2. The molecule has 1 aliphatic rings. The number of phenols is 1. The van der Waals surface area contributed by atoms with Crippen molar-refractivity contribution in [2.45, 2.75) is 19.8 Å². The van der Waals surface area contributed by atoms with E-state index in [0.717, 1.165) is 3.57 Å². The summed E-state index contributed by atoms with van der Waals surface area (Å²) < 4.78 is 10.8. The van der Waals surface area contributed by atoms with Gasteiger partial charge in [-0.25, -0.2) is 4.79 Å². The lowest BCUT2D eigenvalue weighted by atomic mass is 9.97. The molecule has 1 N–H and O–H groups in total. The molecule has 136 valence electrons. The number of carbonyl (C=O) groups excluding carboxylic acids is 3. The van der Waals surface area contributed by atoms with Crippen molar-refractivity contribution < 1.29 is 29.0 Å². The molecule has 1 fully saturated rings. The topological polar surface area (TPSA) is 93.1 Å². The number of rotatable bonds is 5. The van der Waals surface area contributed by atoms with Crippen LogP contribution < -0.4 is 0 Å². The van der Waals surface area contributed by atoms with Crippen LogP contribution in [0.15, 0.2) is 18.2 Å². The molecule has 7 nitrogen and oxygen atoms in total. The lowest BCUT2D eigenvalue weighted by Crippen LogP contribution is -2.42. The first-order chi connectivity index (χ1) is 11.9. The molecule has 0 radical (unpaired) electrons. The maximum Gasteiger partial charge on any atom is 0.342 e. The molecule has 0 atom stereocenters. The van der Waals surface area contributed by atoms with E-state index in [4.69, 9.17) is 9.47 Å². The molecule has 1 heterocycles. The predicted octanol–water partition coefficient (Wildman–Crippen LogP) is 1.96. The highest BCUT2D eigenvalue weighted by molar-refractivity contribution is 14.1. The Hall–Kier alpha value is -1.84. The number of hydrogen-bond donors (Lipinski definition) is 1. The van der Waals surface area contributed by atoms with Gasteiger partial charge in [-0.1, -0.05) is 0 Å². The van der Waals surface area contributed by atoms with Gasteiger partial charge in [0.05, 0.1) is 12.5 Å². The number of amides is 1.